The van der Waals surface area contributed by atoms with E-state index in [9.17, 15) is 19.6 Å². The number of aromatic nitrogens is 1. The van der Waals surface area contributed by atoms with E-state index >= 15 is 0 Å². The number of benzene rings is 1. The van der Waals surface area contributed by atoms with E-state index in [1.165, 1.54) is 0 Å². The van der Waals surface area contributed by atoms with Gasteiger partial charge in [-0.05, 0) is 62.1 Å². The van der Waals surface area contributed by atoms with Gasteiger partial charge in [-0.3, -0.25) is 14.4 Å². The molecule has 1 aromatic carbocycles. The maximum Gasteiger partial charge on any atom is 0.271 e. The third-order valence-electron chi connectivity index (χ3n) is 8.42. The monoisotopic (exact) mass is 490 g/mol. The second-order valence-corrected chi connectivity index (χ2v) is 10.6. The molecule has 5 rings (SSSR count). The lowest BCUT2D eigenvalue weighted by Gasteiger charge is -2.30. The lowest BCUT2D eigenvalue weighted by atomic mass is 9.78. The quantitative estimate of drug-likeness (QED) is 0.636. The zero-order valence-corrected chi connectivity index (χ0v) is 20.8. The van der Waals surface area contributed by atoms with Crippen LogP contribution in [0.5, 0.6) is 5.75 Å². The summed E-state index contributed by atoms with van der Waals surface area (Å²) in [6, 6.07) is 8.25. The van der Waals surface area contributed by atoms with Crippen molar-refractivity contribution in [2.75, 3.05) is 13.7 Å². The molecule has 3 aliphatic rings. The van der Waals surface area contributed by atoms with Gasteiger partial charge in [0.05, 0.1) is 13.2 Å². The number of carbonyl (C=O) groups excluding carboxylic acids is 3. The fourth-order valence-corrected chi connectivity index (χ4v) is 6.59. The minimum absolute atomic E-state index is 0.0808. The van der Waals surface area contributed by atoms with Crippen LogP contribution in [0, 0.1) is 29.1 Å². The van der Waals surface area contributed by atoms with Crippen molar-refractivity contribution in [2.24, 2.45) is 17.8 Å². The summed E-state index contributed by atoms with van der Waals surface area (Å²) in [7, 11) is 1.60. The lowest BCUT2D eigenvalue weighted by molar-refractivity contribution is -0.128. The number of rotatable bonds is 6. The molecule has 0 radical (unpaired) electrons. The summed E-state index contributed by atoms with van der Waals surface area (Å²) >= 11 is 0. The summed E-state index contributed by atoms with van der Waals surface area (Å²) in [6.45, 7) is 0.534. The van der Waals surface area contributed by atoms with Crippen molar-refractivity contribution in [1.82, 2.24) is 15.2 Å². The molecule has 8 nitrogen and oxygen atoms in total. The second-order valence-electron chi connectivity index (χ2n) is 10.6. The minimum Gasteiger partial charge on any atom is -0.496 e. The summed E-state index contributed by atoms with van der Waals surface area (Å²) in [5.74, 6) is 0.570. The zero-order valence-electron chi connectivity index (χ0n) is 20.8. The zero-order chi connectivity index (χ0) is 25.2. The molecule has 2 aromatic rings. The van der Waals surface area contributed by atoms with E-state index in [1.54, 1.807) is 18.1 Å². The standard InChI is InChI=1S/C28H34N4O4/c1-36-25-12-6-10-22-21(25)14-23(31-22)28(35)32-16-18-8-2-4-9-20(18)26(32)27(34)30-19(15-29)13-17-7-3-5-11-24(17)33/h6,10,12,14,17-20,26,31H,2-5,7-9,11,13,16H2,1H3,(H,30,34). The number of aromatic amines is 1. The van der Waals surface area contributed by atoms with E-state index < -0.39 is 12.1 Å². The van der Waals surface area contributed by atoms with Crippen LogP contribution in [0.3, 0.4) is 0 Å². The lowest BCUT2D eigenvalue weighted by Crippen LogP contribution is -2.51. The molecule has 2 amide bonds. The molecule has 1 saturated heterocycles. The Labute approximate surface area is 211 Å². The molecule has 2 saturated carbocycles. The van der Waals surface area contributed by atoms with E-state index in [1.807, 2.05) is 18.2 Å². The van der Waals surface area contributed by atoms with Gasteiger partial charge in [-0.2, -0.15) is 5.26 Å². The Morgan fingerprint density at radius 3 is 2.81 bits per heavy atom. The van der Waals surface area contributed by atoms with Crippen LogP contribution in [-0.4, -0.2) is 53.2 Å². The molecule has 1 aromatic heterocycles. The minimum atomic E-state index is -0.735. The largest absolute Gasteiger partial charge is 0.496 e. The summed E-state index contributed by atoms with van der Waals surface area (Å²) in [6.07, 6.45) is 7.59. The van der Waals surface area contributed by atoms with Crippen LogP contribution >= 0.6 is 0 Å². The van der Waals surface area contributed by atoms with Gasteiger partial charge >= 0.3 is 0 Å². The number of carbonyl (C=O) groups is 3. The van der Waals surface area contributed by atoms with Gasteiger partial charge in [0.15, 0.2) is 0 Å². The molecule has 2 N–H and O–H groups in total. The highest BCUT2D eigenvalue weighted by Gasteiger charge is 2.49. The first-order valence-corrected chi connectivity index (χ1v) is 13.2. The van der Waals surface area contributed by atoms with Gasteiger partial charge in [-0.1, -0.05) is 25.3 Å². The number of Topliss-reactive ketones (excluding diaryl/α,β-unsaturated/α-hetero) is 1. The molecule has 3 fully saturated rings. The predicted molar refractivity (Wildman–Crippen MR) is 134 cm³/mol. The van der Waals surface area contributed by atoms with Crippen LogP contribution in [0.25, 0.3) is 10.9 Å². The second kappa shape index (κ2) is 10.3. The SMILES string of the molecule is COc1cccc2[nH]c(C(=O)N3CC4CCCCC4C3C(=O)NC(C#N)CC3CCCCC3=O)cc12. The maximum atomic E-state index is 13.8. The third kappa shape index (κ3) is 4.59. The highest BCUT2D eigenvalue weighted by molar-refractivity contribution is 6.02. The van der Waals surface area contributed by atoms with E-state index in [-0.39, 0.29) is 35.4 Å². The number of ether oxygens (including phenoxy) is 1. The summed E-state index contributed by atoms with van der Waals surface area (Å²) < 4.78 is 5.44. The van der Waals surface area contributed by atoms with Gasteiger partial charge in [0, 0.05) is 29.8 Å². The van der Waals surface area contributed by atoms with Gasteiger partial charge in [-0.15, -0.1) is 0 Å². The first kappa shape index (κ1) is 24.4. The number of hydrogen-bond donors (Lipinski definition) is 2. The average molecular weight is 491 g/mol. The number of ketones is 1. The summed E-state index contributed by atoms with van der Waals surface area (Å²) in [5.41, 5.74) is 1.23. The van der Waals surface area contributed by atoms with E-state index in [2.05, 4.69) is 16.4 Å². The highest BCUT2D eigenvalue weighted by atomic mass is 16.5. The number of hydrogen-bond acceptors (Lipinski definition) is 5. The van der Waals surface area contributed by atoms with Gasteiger partial charge < -0.3 is 19.9 Å². The number of nitrogens with zero attached hydrogens (tertiary/aromatic N) is 2. The van der Waals surface area contributed by atoms with Crippen molar-refractivity contribution >= 4 is 28.5 Å². The van der Waals surface area contributed by atoms with Crippen molar-refractivity contribution < 1.29 is 19.1 Å². The van der Waals surface area contributed by atoms with Crippen LogP contribution in [0.1, 0.15) is 68.3 Å². The molecule has 2 heterocycles. The Morgan fingerprint density at radius 2 is 2.03 bits per heavy atom. The third-order valence-corrected chi connectivity index (χ3v) is 8.42. The number of fused-ring (bicyclic) bond motifs is 2. The van der Waals surface area contributed by atoms with Gasteiger partial charge in [0.1, 0.15) is 29.3 Å². The van der Waals surface area contributed by atoms with E-state index in [0.717, 1.165) is 55.8 Å². The molecule has 0 spiro atoms. The van der Waals surface area contributed by atoms with Gasteiger partial charge in [0.25, 0.3) is 5.91 Å². The highest BCUT2D eigenvalue weighted by Crippen LogP contribution is 2.41. The average Bonchev–Trinajstić information content (AvgIpc) is 3.51. The molecular formula is C28H34N4O4. The van der Waals surface area contributed by atoms with Crippen molar-refractivity contribution in [3.63, 3.8) is 0 Å². The van der Waals surface area contributed by atoms with Crippen LogP contribution in [0.4, 0.5) is 0 Å². The van der Waals surface area contributed by atoms with Crippen LogP contribution in [0.2, 0.25) is 0 Å². The van der Waals surface area contributed by atoms with E-state index in [0.29, 0.717) is 30.8 Å². The van der Waals surface area contributed by atoms with Crippen molar-refractivity contribution in [1.29, 1.82) is 5.26 Å². The van der Waals surface area contributed by atoms with E-state index in [4.69, 9.17) is 4.74 Å². The predicted octanol–water partition coefficient (Wildman–Crippen LogP) is 3.97. The first-order chi connectivity index (χ1) is 17.5. The van der Waals surface area contributed by atoms with Crippen LogP contribution < -0.4 is 10.1 Å². The molecule has 190 valence electrons. The van der Waals surface area contributed by atoms with Gasteiger partial charge in [-0.25, -0.2) is 0 Å². The molecule has 0 bridgehead atoms. The number of likely N-dealkylation sites (tertiary alicyclic amines) is 1. The molecule has 1 aliphatic heterocycles. The number of amides is 2. The molecule has 5 atom stereocenters. The smallest absolute Gasteiger partial charge is 0.271 e. The van der Waals surface area contributed by atoms with Gasteiger partial charge in [0.2, 0.25) is 5.91 Å². The van der Waals surface area contributed by atoms with Crippen molar-refractivity contribution in [3.8, 4) is 11.8 Å². The number of nitrogens with one attached hydrogen (secondary N) is 2. The molecular weight excluding hydrogens is 456 g/mol. The number of H-pyrrole nitrogens is 1. The first-order valence-electron chi connectivity index (χ1n) is 13.2. The fraction of sp³-hybridized carbons (Fsp3) is 0.571. The molecule has 5 unspecified atom stereocenters. The molecule has 2 aliphatic carbocycles. The van der Waals surface area contributed by atoms with Crippen LogP contribution in [0.15, 0.2) is 24.3 Å². The molecule has 8 heteroatoms. The summed E-state index contributed by atoms with van der Waals surface area (Å²) in [4.78, 5) is 44.6. The fourth-order valence-electron chi connectivity index (χ4n) is 6.59. The normalized spacial score (nSPS) is 26.8. The number of methoxy groups -OCH3 is 1. The Kier molecular flexibility index (Phi) is 6.99. The number of nitriles is 1. The Morgan fingerprint density at radius 1 is 1.22 bits per heavy atom. The topological polar surface area (TPSA) is 115 Å². The summed E-state index contributed by atoms with van der Waals surface area (Å²) in [5, 5.41) is 13.5. The van der Waals surface area contributed by atoms with Crippen LogP contribution in [-0.2, 0) is 9.59 Å². The van der Waals surface area contributed by atoms with Crippen molar-refractivity contribution in [3.05, 3.63) is 30.0 Å². The van der Waals surface area contributed by atoms with Crippen molar-refractivity contribution in [2.45, 2.75) is 69.9 Å². The maximum absolute atomic E-state index is 13.8. The Hall–Kier alpha value is -3.34. The molecule has 36 heavy (non-hydrogen) atoms. The Balaban J connectivity index is 1.38. The Bertz CT molecular complexity index is 1200.